The first kappa shape index (κ1) is 11.5. The van der Waals surface area contributed by atoms with Crippen LogP contribution in [0.5, 0.6) is 5.75 Å². The molecule has 0 unspecified atom stereocenters. The molecule has 0 saturated heterocycles. The van der Waals surface area contributed by atoms with E-state index in [2.05, 4.69) is 15.9 Å². The third-order valence-corrected chi connectivity index (χ3v) is 3.07. The molecule has 14 heavy (non-hydrogen) atoms. The van der Waals surface area contributed by atoms with E-state index in [0.29, 0.717) is 0 Å². The molecule has 0 aliphatic rings. The van der Waals surface area contributed by atoms with E-state index in [4.69, 9.17) is 5.11 Å². The van der Waals surface area contributed by atoms with Crippen molar-refractivity contribution in [3.63, 3.8) is 0 Å². The quantitative estimate of drug-likeness (QED) is 0.876. The van der Waals surface area contributed by atoms with Gasteiger partial charge in [-0.1, -0.05) is 26.0 Å². The van der Waals surface area contributed by atoms with Gasteiger partial charge in [-0.15, -0.1) is 0 Å². The van der Waals surface area contributed by atoms with Gasteiger partial charge in [-0.3, -0.25) is 0 Å². The average Bonchev–Trinajstić information content (AvgIpc) is 2.13. The molecule has 0 aliphatic carbocycles. The molecule has 0 amide bonds. The van der Waals surface area contributed by atoms with Crippen molar-refractivity contribution < 1.29 is 10.2 Å². The highest BCUT2D eigenvalue weighted by Gasteiger charge is 2.19. The lowest BCUT2D eigenvalue weighted by atomic mass is 9.87. The van der Waals surface area contributed by atoms with Gasteiger partial charge in [-0.25, -0.2) is 0 Å². The van der Waals surface area contributed by atoms with Gasteiger partial charge in [0.1, 0.15) is 5.75 Å². The van der Waals surface area contributed by atoms with E-state index in [-0.39, 0.29) is 17.8 Å². The normalized spacial score (nSPS) is 11.7. The average molecular weight is 259 g/mol. The number of rotatable bonds is 3. The molecule has 0 saturated carbocycles. The predicted octanol–water partition coefficient (Wildman–Crippen LogP) is 2.72. The van der Waals surface area contributed by atoms with Gasteiger partial charge >= 0.3 is 0 Å². The van der Waals surface area contributed by atoms with Gasteiger partial charge in [0, 0.05) is 6.61 Å². The minimum atomic E-state index is -0.156. The van der Waals surface area contributed by atoms with Crippen LogP contribution in [0.1, 0.15) is 19.4 Å². The van der Waals surface area contributed by atoms with E-state index >= 15 is 0 Å². The fraction of sp³-hybridized carbons (Fsp3) is 0.455. The summed E-state index contributed by atoms with van der Waals surface area (Å²) in [5, 5.41) is 18.6. The van der Waals surface area contributed by atoms with Crippen LogP contribution in [0.15, 0.2) is 22.7 Å². The molecule has 3 heteroatoms. The Labute approximate surface area is 92.7 Å². The minimum absolute atomic E-state index is 0.134. The summed E-state index contributed by atoms with van der Waals surface area (Å²) in [6.45, 7) is 4.11. The standard InChI is InChI=1S/C11H15BrO2/c1-11(2,7-13)6-8-4-3-5-9(14)10(8)12/h3-5,13-14H,6-7H2,1-2H3. The van der Waals surface area contributed by atoms with Gasteiger partial charge in [0.05, 0.1) is 4.47 Å². The highest BCUT2D eigenvalue weighted by atomic mass is 79.9. The van der Waals surface area contributed by atoms with Crippen molar-refractivity contribution >= 4 is 15.9 Å². The van der Waals surface area contributed by atoms with E-state index in [1.165, 1.54) is 0 Å². The van der Waals surface area contributed by atoms with Crippen LogP contribution in [0.3, 0.4) is 0 Å². The molecule has 0 aliphatic heterocycles. The number of aliphatic hydroxyl groups is 1. The monoisotopic (exact) mass is 258 g/mol. The van der Waals surface area contributed by atoms with Gasteiger partial charge in [-0.2, -0.15) is 0 Å². The second kappa shape index (κ2) is 4.32. The van der Waals surface area contributed by atoms with Crippen molar-refractivity contribution in [2.45, 2.75) is 20.3 Å². The molecule has 2 nitrogen and oxygen atoms in total. The van der Waals surface area contributed by atoms with Gasteiger partial charge in [0.25, 0.3) is 0 Å². The van der Waals surface area contributed by atoms with E-state index in [0.717, 1.165) is 16.5 Å². The lowest BCUT2D eigenvalue weighted by Crippen LogP contribution is -2.19. The molecule has 0 atom stereocenters. The van der Waals surface area contributed by atoms with Gasteiger partial charge < -0.3 is 10.2 Å². The van der Waals surface area contributed by atoms with Crippen LogP contribution in [0.25, 0.3) is 0 Å². The fourth-order valence-electron chi connectivity index (χ4n) is 1.27. The number of phenols is 1. The lowest BCUT2D eigenvalue weighted by molar-refractivity contribution is 0.159. The third-order valence-electron chi connectivity index (χ3n) is 2.16. The van der Waals surface area contributed by atoms with Crippen LogP contribution >= 0.6 is 15.9 Å². The van der Waals surface area contributed by atoms with Crippen molar-refractivity contribution in [1.29, 1.82) is 0 Å². The molecule has 1 aromatic carbocycles. The molecule has 0 aromatic heterocycles. The summed E-state index contributed by atoms with van der Waals surface area (Å²) in [5.41, 5.74) is 0.861. The summed E-state index contributed by atoms with van der Waals surface area (Å²) in [5.74, 6) is 0.247. The largest absolute Gasteiger partial charge is 0.507 e. The first-order chi connectivity index (χ1) is 6.46. The van der Waals surface area contributed by atoms with Crippen LogP contribution in [0.2, 0.25) is 0 Å². The minimum Gasteiger partial charge on any atom is -0.507 e. The Hall–Kier alpha value is -0.540. The van der Waals surface area contributed by atoms with Crippen molar-refractivity contribution in [1.82, 2.24) is 0 Å². The highest BCUT2D eigenvalue weighted by Crippen LogP contribution is 2.31. The first-order valence-corrected chi connectivity index (χ1v) is 5.33. The van der Waals surface area contributed by atoms with Crippen LogP contribution in [0, 0.1) is 5.41 Å². The van der Waals surface area contributed by atoms with E-state index in [1.54, 1.807) is 6.07 Å². The van der Waals surface area contributed by atoms with Gasteiger partial charge in [0.2, 0.25) is 0 Å². The topological polar surface area (TPSA) is 40.5 Å². The Morgan fingerprint density at radius 2 is 2.00 bits per heavy atom. The number of hydrogen-bond donors (Lipinski definition) is 2. The summed E-state index contributed by atoms with van der Waals surface area (Å²) in [6, 6.07) is 5.39. The Balaban J connectivity index is 2.92. The molecule has 1 rings (SSSR count). The van der Waals surface area contributed by atoms with Crippen molar-refractivity contribution in [3.05, 3.63) is 28.2 Å². The zero-order valence-corrected chi connectivity index (χ0v) is 10.0. The van der Waals surface area contributed by atoms with E-state index < -0.39 is 0 Å². The first-order valence-electron chi connectivity index (χ1n) is 4.53. The van der Waals surface area contributed by atoms with Gasteiger partial charge in [-0.05, 0) is 39.4 Å². The fourth-order valence-corrected chi connectivity index (χ4v) is 1.68. The molecule has 78 valence electrons. The number of benzene rings is 1. The van der Waals surface area contributed by atoms with E-state index in [9.17, 15) is 5.11 Å². The summed E-state index contributed by atoms with van der Waals surface area (Å²) >= 11 is 3.33. The lowest BCUT2D eigenvalue weighted by Gasteiger charge is -2.22. The van der Waals surface area contributed by atoms with Crippen LogP contribution in [-0.2, 0) is 6.42 Å². The summed E-state index contributed by atoms with van der Waals surface area (Å²) in [4.78, 5) is 0. The Bertz CT molecular complexity index is 321. The Morgan fingerprint density at radius 1 is 1.36 bits per heavy atom. The highest BCUT2D eigenvalue weighted by molar-refractivity contribution is 9.10. The molecule has 0 fully saturated rings. The number of aliphatic hydroxyl groups excluding tert-OH is 1. The third kappa shape index (κ3) is 2.72. The Morgan fingerprint density at radius 3 is 2.57 bits per heavy atom. The predicted molar refractivity (Wildman–Crippen MR) is 60.4 cm³/mol. The summed E-state index contributed by atoms with van der Waals surface area (Å²) in [7, 11) is 0. The molecular formula is C11H15BrO2. The Kier molecular flexibility index (Phi) is 3.56. The number of halogens is 1. The van der Waals surface area contributed by atoms with Crippen molar-refractivity contribution in [2.75, 3.05) is 6.61 Å². The van der Waals surface area contributed by atoms with Crippen LogP contribution in [0.4, 0.5) is 0 Å². The molecule has 1 aromatic rings. The smallest absolute Gasteiger partial charge is 0.130 e. The molecule has 0 radical (unpaired) electrons. The van der Waals surface area contributed by atoms with Crippen molar-refractivity contribution in [3.8, 4) is 5.75 Å². The SMILES string of the molecule is CC(C)(CO)Cc1cccc(O)c1Br. The molecule has 0 bridgehead atoms. The number of hydrogen-bond acceptors (Lipinski definition) is 2. The number of aromatic hydroxyl groups is 1. The second-order valence-corrected chi connectivity index (χ2v) is 5.04. The summed E-state index contributed by atoms with van der Waals surface area (Å²) < 4.78 is 0.724. The van der Waals surface area contributed by atoms with Crippen LogP contribution < -0.4 is 0 Å². The zero-order valence-electron chi connectivity index (χ0n) is 8.42. The van der Waals surface area contributed by atoms with E-state index in [1.807, 2.05) is 26.0 Å². The number of phenolic OH excluding ortho intramolecular Hbond substituents is 1. The second-order valence-electron chi connectivity index (χ2n) is 4.25. The molecular weight excluding hydrogens is 244 g/mol. The molecule has 2 N–H and O–H groups in total. The van der Waals surface area contributed by atoms with Crippen LogP contribution in [-0.4, -0.2) is 16.8 Å². The maximum atomic E-state index is 9.46. The van der Waals surface area contributed by atoms with Gasteiger partial charge in [0.15, 0.2) is 0 Å². The summed E-state index contributed by atoms with van der Waals surface area (Å²) in [6.07, 6.45) is 0.735. The molecule has 0 heterocycles. The maximum absolute atomic E-state index is 9.46. The zero-order chi connectivity index (χ0) is 10.8. The van der Waals surface area contributed by atoms with Crippen molar-refractivity contribution in [2.24, 2.45) is 5.41 Å². The molecule has 0 spiro atoms. The maximum Gasteiger partial charge on any atom is 0.130 e.